The molecule has 0 amide bonds. The predicted molar refractivity (Wildman–Crippen MR) is 76.4 cm³/mol. The summed E-state index contributed by atoms with van der Waals surface area (Å²) in [6.45, 7) is 1.98. The summed E-state index contributed by atoms with van der Waals surface area (Å²) >= 11 is 0. The van der Waals surface area contributed by atoms with Crippen LogP contribution in [0.3, 0.4) is 0 Å². The van der Waals surface area contributed by atoms with Crippen LogP contribution in [0.2, 0.25) is 0 Å². The van der Waals surface area contributed by atoms with Crippen molar-refractivity contribution in [3.8, 4) is 6.07 Å². The van der Waals surface area contributed by atoms with Crippen LogP contribution in [-0.2, 0) is 4.74 Å². The number of ether oxygens (including phenoxy) is 1. The molecular formula is C16H19FN2O2. The Morgan fingerprint density at radius 1 is 1.38 bits per heavy atom. The van der Waals surface area contributed by atoms with Gasteiger partial charge in [0.05, 0.1) is 24.0 Å². The van der Waals surface area contributed by atoms with Crippen LogP contribution in [0, 0.1) is 23.1 Å². The fraction of sp³-hybridized carbons (Fsp3) is 0.562. The maximum Gasteiger partial charge on any atom is 0.124 e. The molecular weight excluding hydrogens is 271 g/mol. The number of hydrogen-bond acceptors (Lipinski definition) is 4. The molecule has 0 bridgehead atoms. The fourth-order valence-corrected chi connectivity index (χ4v) is 3.50. The quantitative estimate of drug-likeness (QED) is 0.906. The van der Waals surface area contributed by atoms with E-state index < -0.39 is 5.82 Å². The molecule has 5 heteroatoms. The third kappa shape index (κ3) is 2.74. The Morgan fingerprint density at radius 2 is 2.24 bits per heavy atom. The molecule has 2 fully saturated rings. The van der Waals surface area contributed by atoms with E-state index in [-0.39, 0.29) is 18.1 Å². The van der Waals surface area contributed by atoms with E-state index in [0.29, 0.717) is 25.2 Å². The molecule has 112 valence electrons. The van der Waals surface area contributed by atoms with Crippen molar-refractivity contribution in [3.05, 3.63) is 29.6 Å². The van der Waals surface area contributed by atoms with Gasteiger partial charge in [0.25, 0.3) is 0 Å². The summed E-state index contributed by atoms with van der Waals surface area (Å²) in [4.78, 5) is 2.14. The summed E-state index contributed by atoms with van der Waals surface area (Å²) < 4.78 is 18.8. The van der Waals surface area contributed by atoms with Crippen LogP contribution < -0.4 is 4.90 Å². The standard InChI is InChI=1S/C16H19FN2O2/c17-12-3-4-14(11(8-12)9-18)19-6-1-2-15(19)13-10-21-7-5-16(13)20/h3-4,8,13,15-16,20H,1-2,5-7,10H2/t13-,15-,16+/m1/s1. The highest BCUT2D eigenvalue weighted by Gasteiger charge is 2.38. The first kappa shape index (κ1) is 14.3. The Morgan fingerprint density at radius 3 is 3.00 bits per heavy atom. The molecule has 2 heterocycles. The largest absolute Gasteiger partial charge is 0.393 e. The van der Waals surface area contributed by atoms with Crippen molar-refractivity contribution in [1.82, 2.24) is 0 Å². The summed E-state index contributed by atoms with van der Waals surface area (Å²) in [6, 6.07) is 6.56. The molecule has 2 aliphatic heterocycles. The van der Waals surface area contributed by atoms with E-state index in [1.165, 1.54) is 12.1 Å². The topological polar surface area (TPSA) is 56.5 Å². The van der Waals surface area contributed by atoms with Crippen LogP contribution in [0.5, 0.6) is 0 Å². The maximum atomic E-state index is 13.3. The average Bonchev–Trinajstić information content (AvgIpc) is 2.96. The van der Waals surface area contributed by atoms with E-state index in [0.717, 1.165) is 25.1 Å². The average molecular weight is 290 g/mol. The summed E-state index contributed by atoms with van der Waals surface area (Å²) in [7, 11) is 0. The van der Waals surface area contributed by atoms with Crippen molar-refractivity contribution in [2.75, 3.05) is 24.7 Å². The first-order valence-corrected chi connectivity index (χ1v) is 7.43. The van der Waals surface area contributed by atoms with Crippen molar-refractivity contribution < 1.29 is 14.2 Å². The Bertz CT molecular complexity index is 558. The van der Waals surface area contributed by atoms with Gasteiger partial charge in [-0.15, -0.1) is 0 Å². The van der Waals surface area contributed by atoms with Crippen molar-refractivity contribution in [2.24, 2.45) is 5.92 Å². The molecule has 3 atom stereocenters. The van der Waals surface area contributed by atoms with Crippen molar-refractivity contribution in [2.45, 2.75) is 31.4 Å². The second kappa shape index (κ2) is 6.00. The minimum Gasteiger partial charge on any atom is -0.393 e. The Balaban J connectivity index is 1.89. The number of nitriles is 1. The van der Waals surface area contributed by atoms with Gasteiger partial charge in [-0.2, -0.15) is 5.26 Å². The molecule has 1 N–H and O–H groups in total. The molecule has 3 rings (SSSR count). The summed E-state index contributed by atoms with van der Waals surface area (Å²) in [5.41, 5.74) is 1.12. The second-order valence-corrected chi connectivity index (χ2v) is 5.77. The van der Waals surface area contributed by atoms with E-state index >= 15 is 0 Å². The molecule has 0 radical (unpaired) electrons. The zero-order chi connectivity index (χ0) is 14.8. The SMILES string of the molecule is N#Cc1cc(F)ccc1N1CCC[C@@H]1[C@H]1COCC[C@@H]1O. The Labute approximate surface area is 123 Å². The number of aliphatic hydroxyl groups is 1. The fourth-order valence-electron chi connectivity index (χ4n) is 3.50. The van der Waals surface area contributed by atoms with Crippen molar-refractivity contribution in [1.29, 1.82) is 5.26 Å². The van der Waals surface area contributed by atoms with Crippen LogP contribution in [-0.4, -0.2) is 37.0 Å². The van der Waals surface area contributed by atoms with Gasteiger partial charge < -0.3 is 14.7 Å². The molecule has 1 aromatic carbocycles. The van der Waals surface area contributed by atoms with Gasteiger partial charge in [0.15, 0.2) is 0 Å². The molecule has 0 aliphatic carbocycles. The van der Waals surface area contributed by atoms with Gasteiger partial charge in [-0.05, 0) is 37.5 Å². The molecule has 4 nitrogen and oxygen atoms in total. The summed E-state index contributed by atoms with van der Waals surface area (Å²) in [6.07, 6.45) is 2.27. The summed E-state index contributed by atoms with van der Waals surface area (Å²) in [5.74, 6) is -0.343. The minimum atomic E-state index is -0.396. The molecule has 0 unspecified atom stereocenters. The van der Waals surface area contributed by atoms with Crippen LogP contribution >= 0.6 is 0 Å². The molecule has 21 heavy (non-hydrogen) atoms. The van der Waals surface area contributed by atoms with Gasteiger partial charge in [-0.1, -0.05) is 0 Å². The minimum absolute atomic E-state index is 0.0536. The van der Waals surface area contributed by atoms with E-state index in [9.17, 15) is 14.8 Å². The second-order valence-electron chi connectivity index (χ2n) is 5.77. The van der Waals surface area contributed by atoms with Crippen LogP contribution in [0.25, 0.3) is 0 Å². The lowest BCUT2D eigenvalue weighted by Gasteiger charge is -2.38. The van der Waals surface area contributed by atoms with Gasteiger partial charge in [0.2, 0.25) is 0 Å². The lowest BCUT2D eigenvalue weighted by atomic mass is 9.89. The van der Waals surface area contributed by atoms with Crippen LogP contribution in [0.15, 0.2) is 18.2 Å². The molecule has 0 aromatic heterocycles. The molecule has 2 aliphatic rings. The van der Waals surface area contributed by atoms with Crippen molar-refractivity contribution in [3.63, 3.8) is 0 Å². The highest BCUT2D eigenvalue weighted by molar-refractivity contribution is 5.60. The number of hydrogen-bond donors (Lipinski definition) is 1. The molecule has 0 spiro atoms. The maximum absolute atomic E-state index is 13.3. The van der Waals surface area contributed by atoms with Crippen LogP contribution in [0.1, 0.15) is 24.8 Å². The van der Waals surface area contributed by atoms with E-state index in [1.807, 2.05) is 0 Å². The van der Waals surface area contributed by atoms with E-state index in [4.69, 9.17) is 4.74 Å². The highest BCUT2D eigenvalue weighted by Crippen LogP contribution is 2.35. The lowest BCUT2D eigenvalue weighted by molar-refractivity contribution is -0.0437. The lowest BCUT2D eigenvalue weighted by Crippen LogP contribution is -2.46. The Kier molecular flexibility index (Phi) is 4.09. The number of aliphatic hydroxyl groups excluding tert-OH is 1. The summed E-state index contributed by atoms with van der Waals surface area (Å²) in [5, 5.41) is 19.5. The normalized spacial score (nSPS) is 29.4. The third-order valence-electron chi connectivity index (χ3n) is 4.54. The first-order chi connectivity index (χ1) is 10.2. The Hall–Kier alpha value is -1.64. The number of benzene rings is 1. The first-order valence-electron chi connectivity index (χ1n) is 7.43. The molecule has 0 saturated carbocycles. The monoisotopic (exact) mass is 290 g/mol. The van der Waals surface area contributed by atoms with Gasteiger partial charge in [-0.25, -0.2) is 4.39 Å². The predicted octanol–water partition coefficient (Wildman–Crippen LogP) is 2.06. The van der Waals surface area contributed by atoms with Crippen molar-refractivity contribution >= 4 is 5.69 Å². The highest BCUT2D eigenvalue weighted by atomic mass is 19.1. The zero-order valence-electron chi connectivity index (χ0n) is 11.8. The number of nitrogens with zero attached hydrogens (tertiary/aromatic N) is 2. The zero-order valence-corrected chi connectivity index (χ0v) is 11.8. The molecule has 2 saturated heterocycles. The number of anilines is 1. The smallest absolute Gasteiger partial charge is 0.124 e. The number of rotatable bonds is 2. The molecule has 1 aromatic rings. The van der Waals surface area contributed by atoms with Gasteiger partial charge >= 0.3 is 0 Å². The van der Waals surface area contributed by atoms with E-state index in [1.54, 1.807) is 6.07 Å². The van der Waals surface area contributed by atoms with E-state index in [2.05, 4.69) is 11.0 Å². The van der Waals surface area contributed by atoms with Crippen LogP contribution in [0.4, 0.5) is 10.1 Å². The van der Waals surface area contributed by atoms with Gasteiger partial charge in [0, 0.05) is 25.1 Å². The number of halogens is 1. The third-order valence-corrected chi connectivity index (χ3v) is 4.54. The van der Waals surface area contributed by atoms with Gasteiger partial charge in [0.1, 0.15) is 11.9 Å². The van der Waals surface area contributed by atoms with Gasteiger partial charge in [-0.3, -0.25) is 0 Å².